The Morgan fingerprint density at radius 1 is 1.19 bits per heavy atom. The van der Waals surface area contributed by atoms with Crippen molar-refractivity contribution >= 4 is 17.5 Å². The molecule has 142 valence electrons. The highest BCUT2D eigenvalue weighted by molar-refractivity contribution is 5.98. The minimum atomic E-state index is -2.94. The van der Waals surface area contributed by atoms with Gasteiger partial charge < -0.3 is 19.7 Å². The molecule has 2 amide bonds. The second kappa shape index (κ2) is 8.48. The number of ether oxygens (including phenoxy) is 2. The number of nitrogens with zero attached hydrogens (tertiary/aromatic N) is 1. The molecule has 0 aliphatic carbocycles. The fourth-order valence-corrected chi connectivity index (χ4v) is 2.76. The third-order valence-corrected chi connectivity index (χ3v) is 4.04. The van der Waals surface area contributed by atoms with Crippen molar-refractivity contribution < 1.29 is 27.8 Å². The monoisotopic (exact) mass is 376 g/mol. The van der Waals surface area contributed by atoms with Gasteiger partial charge in [-0.05, 0) is 18.2 Å². The van der Waals surface area contributed by atoms with Gasteiger partial charge in [-0.3, -0.25) is 9.59 Å². The van der Waals surface area contributed by atoms with Crippen molar-refractivity contribution in [3.8, 4) is 11.5 Å². The standard InChI is InChI=1S/C19H18F2N2O4/c20-19(21)27-15-7-3-1-5-13(15)11-22-17(24)9-10-23-14-6-2-4-8-16(14)26-12-18(23)25/h1-8,19H,9-12H2,(H,22,24). The van der Waals surface area contributed by atoms with E-state index in [9.17, 15) is 18.4 Å². The number of carbonyl (C=O) groups excluding carboxylic acids is 2. The summed E-state index contributed by atoms with van der Waals surface area (Å²) in [6, 6.07) is 13.4. The van der Waals surface area contributed by atoms with Gasteiger partial charge in [-0.1, -0.05) is 30.3 Å². The van der Waals surface area contributed by atoms with Gasteiger partial charge in [0, 0.05) is 25.1 Å². The van der Waals surface area contributed by atoms with E-state index in [1.54, 1.807) is 42.5 Å². The second-order valence-corrected chi connectivity index (χ2v) is 5.81. The van der Waals surface area contributed by atoms with Gasteiger partial charge in [0.15, 0.2) is 6.61 Å². The van der Waals surface area contributed by atoms with Crippen LogP contribution >= 0.6 is 0 Å². The van der Waals surface area contributed by atoms with E-state index in [0.717, 1.165) is 0 Å². The van der Waals surface area contributed by atoms with Crippen molar-refractivity contribution in [2.45, 2.75) is 19.6 Å². The first-order valence-corrected chi connectivity index (χ1v) is 8.36. The SMILES string of the molecule is O=C(CCN1C(=O)COc2ccccc21)NCc1ccccc1OC(F)F. The summed E-state index contributed by atoms with van der Waals surface area (Å²) in [6.07, 6.45) is 0.0674. The first-order valence-electron chi connectivity index (χ1n) is 8.36. The summed E-state index contributed by atoms with van der Waals surface area (Å²) in [7, 11) is 0. The van der Waals surface area contributed by atoms with Gasteiger partial charge >= 0.3 is 6.61 Å². The Morgan fingerprint density at radius 3 is 2.74 bits per heavy atom. The number of amides is 2. The number of nitrogens with one attached hydrogen (secondary N) is 1. The molecule has 6 nitrogen and oxygen atoms in total. The molecule has 8 heteroatoms. The summed E-state index contributed by atoms with van der Waals surface area (Å²) in [6.45, 7) is -2.76. The molecule has 3 rings (SSSR count). The lowest BCUT2D eigenvalue weighted by Crippen LogP contribution is -2.41. The Balaban J connectivity index is 1.56. The molecule has 2 aromatic rings. The lowest BCUT2D eigenvalue weighted by atomic mass is 10.2. The number of benzene rings is 2. The van der Waals surface area contributed by atoms with Crippen LogP contribution in [0.5, 0.6) is 11.5 Å². The van der Waals surface area contributed by atoms with Gasteiger partial charge in [-0.2, -0.15) is 8.78 Å². The van der Waals surface area contributed by atoms with Gasteiger partial charge in [-0.15, -0.1) is 0 Å². The summed E-state index contributed by atoms with van der Waals surface area (Å²) in [5, 5.41) is 2.66. The lowest BCUT2D eigenvalue weighted by Gasteiger charge is -2.29. The quantitative estimate of drug-likeness (QED) is 0.807. The van der Waals surface area contributed by atoms with Gasteiger partial charge in [0.25, 0.3) is 5.91 Å². The lowest BCUT2D eigenvalue weighted by molar-refractivity contribution is -0.122. The van der Waals surface area contributed by atoms with E-state index in [1.165, 1.54) is 11.0 Å². The van der Waals surface area contributed by atoms with Crippen molar-refractivity contribution in [1.82, 2.24) is 5.32 Å². The molecule has 0 atom stereocenters. The first-order chi connectivity index (χ1) is 13.0. The van der Waals surface area contributed by atoms with Crippen LogP contribution in [0, 0.1) is 0 Å². The Hall–Kier alpha value is -3.16. The molecule has 0 saturated carbocycles. The van der Waals surface area contributed by atoms with E-state index >= 15 is 0 Å². The maximum absolute atomic E-state index is 12.4. The molecule has 1 aliphatic rings. The van der Waals surface area contributed by atoms with Gasteiger partial charge in [0.1, 0.15) is 11.5 Å². The number of carbonyl (C=O) groups is 2. The Bertz CT molecular complexity index is 829. The first kappa shape index (κ1) is 18.6. The maximum atomic E-state index is 12.4. The number of halogens is 2. The fraction of sp³-hybridized carbons (Fsp3) is 0.263. The predicted octanol–water partition coefficient (Wildman–Crippen LogP) is 2.72. The van der Waals surface area contributed by atoms with Crippen molar-refractivity contribution in [3.63, 3.8) is 0 Å². The Morgan fingerprint density at radius 2 is 1.93 bits per heavy atom. The average molecular weight is 376 g/mol. The van der Waals surface area contributed by atoms with Crippen LogP contribution in [-0.2, 0) is 16.1 Å². The molecule has 27 heavy (non-hydrogen) atoms. The maximum Gasteiger partial charge on any atom is 0.387 e. The third kappa shape index (κ3) is 4.72. The molecule has 0 unspecified atom stereocenters. The highest BCUT2D eigenvalue weighted by Crippen LogP contribution is 2.31. The molecule has 1 N–H and O–H groups in total. The number of anilines is 1. The molecule has 0 spiro atoms. The molecule has 1 heterocycles. The van der Waals surface area contributed by atoms with E-state index in [0.29, 0.717) is 17.0 Å². The molecular formula is C19H18F2N2O4. The Kier molecular flexibility index (Phi) is 5.85. The molecule has 2 aromatic carbocycles. The van der Waals surface area contributed by atoms with Crippen LogP contribution in [0.4, 0.5) is 14.5 Å². The molecule has 0 radical (unpaired) electrons. The molecule has 0 aromatic heterocycles. The van der Waals surface area contributed by atoms with Crippen molar-refractivity contribution in [2.24, 2.45) is 0 Å². The topological polar surface area (TPSA) is 67.9 Å². The molecule has 0 bridgehead atoms. The van der Waals surface area contributed by atoms with Crippen LogP contribution < -0.4 is 19.7 Å². The fourth-order valence-electron chi connectivity index (χ4n) is 2.76. The van der Waals surface area contributed by atoms with E-state index in [1.807, 2.05) is 0 Å². The average Bonchev–Trinajstić information content (AvgIpc) is 2.66. The van der Waals surface area contributed by atoms with Crippen molar-refractivity contribution in [1.29, 1.82) is 0 Å². The number of hydrogen-bond donors (Lipinski definition) is 1. The smallest absolute Gasteiger partial charge is 0.387 e. The van der Waals surface area contributed by atoms with Crippen molar-refractivity contribution in [2.75, 3.05) is 18.1 Å². The van der Waals surface area contributed by atoms with Crippen LogP contribution in [-0.4, -0.2) is 31.6 Å². The summed E-state index contributed by atoms with van der Waals surface area (Å²) in [5.74, 6) is 0.0801. The zero-order chi connectivity index (χ0) is 19.2. The number of fused-ring (bicyclic) bond motifs is 1. The van der Waals surface area contributed by atoms with Crippen LogP contribution in [0.1, 0.15) is 12.0 Å². The summed E-state index contributed by atoms with van der Waals surface area (Å²) in [5.41, 5.74) is 1.07. The van der Waals surface area contributed by atoms with Crippen molar-refractivity contribution in [3.05, 3.63) is 54.1 Å². The summed E-state index contributed by atoms with van der Waals surface area (Å²) in [4.78, 5) is 25.7. The van der Waals surface area contributed by atoms with Crippen LogP contribution in [0.2, 0.25) is 0 Å². The summed E-state index contributed by atoms with van der Waals surface area (Å²) >= 11 is 0. The highest BCUT2D eigenvalue weighted by atomic mass is 19.3. The van der Waals surface area contributed by atoms with Gasteiger partial charge in [0.2, 0.25) is 5.91 Å². The zero-order valence-electron chi connectivity index (χ0n) is 14.4. The molecule has 1 aliphatic heterocycles. The van der Waals surface area contributed by atoms with Crippen LogP contribution in [0.25, 0.3) is 0 Å². The minimum absolute atomic E-state index is 0.0186. The minimum Gasteiger partial charge on any atom is -0.482 e. The number of hydrogen-bond acceptors (Lipinski definition) is 4. The van der Waals surface area contributed by atoms with E-state index in [-0.39, 0.29) is 43.7 Å². The zero-order valence-corrected chi connectivity index (χ0v) is 14.4. The number of rotatable bonds is 7. The third-order valence-electron chi connectivity index (χ3n) is 4.04. The molecule has 0 saturated heterocycles. The number of para-hydroxylation sites is 3. The van der Waals surface area contributed by atoms with Gasteiger partial charge in [0.05, 0.1) is 5.69 Å². The Labute approximate surface area is 154 Å². The van der Waals surface area contributed by atoms with Crippen LogP contribution in [0.3, 0.4) is 0 Å². The van der Waals surface area contributed by atoms with E-state index in [4.69, 9.17) is 4.74 Å². The molecule has 0 fully saturated rings. The highest BCUT2D eigenvalue weighted by Gasteiger charge is 2.25. The van der Waals surface area contributed by atoms with Gasteiger partial charge in [-0.25, -0.2) is 0 Å². The van der Waals surface area contributed by atoms with E-state index < -0.39 is 6.61 Å². The molecular weight excluding hydrogens is 358 g/mol. The second-order valence-electron chi connectivity index (χ2n) is 5.81. The predicted molar refractivity (Wildman–Crippen MR) is 93.8 cm³/mol. The van der Waals surface area contributed by atoms with E-state index in [2.05, 4.69) is 10.1 Å². The normalized spacial score (nSPS) is 13.1. The number of alkyl halides is 2. The largest absolute Gasteiger partial charge is 0.482 e. The van der Waals surface area contributed by atoms with Crippen LogP contribution in [0.15, 0.2) is 48.5 Å². The summed E-state index contributed by atoms with van der Waals surface area (Å²) < 4.78 is 34.6.